The molecule has 2 aromatic carbocycles. The van der Waals surface area contributed by atoms with Crippen LogP contribution in [-0.2, 0) is 17.8 Å². The summed E-state index contributed by atoms with van der Waals surface area (Å²) in [5.74, 6) is 7.00. The van der Waals surface area contributed by atoms with Gasteiger partial charge in [-0.3, -0.25) is 9.78 Å². The molecule has 2 fully saturated rings. The summed E-state index contributed by atoms with van der Waals surface area (Å²) in [4.78, 5) is 17.5. The molecule has 0 unspecified atom stereocenters. The fraction of sp³-hybridized carbons (Fsp3) is 0.429. The summed E-state index contributed by atoms with van der Waals surface area (Å²) in [5, 5.41) is 15.5. The van der Waals surface area contributed by atoms with Crippen LogP contribution in [-0.4, -0.2) is 27.7 Å². The van der Waals surface area contributed by atoms with Gasteiger partial charge in [0.25, 0.3) is 5.91 Å². The number of rotatable bonds is 5. The van der Waals surface area contributed by atoms with Crippen LogP contribution in [0.15, 0.2) is 60.8 Å². The maximum Gasteiger partial charge on any atom is 0.255 e. The number of anilines is 1. The molecule has 41 heavy (non-hydrogen) atoms. The molecule has 6 rings (SSSR count). The molecule has 3 aliphatic rings. The standard InChI is InChI=1S/C35H37ClN2O3/c1-4-15-35(40)16-14-29-28-13-10-24-19-25(33(39)38-30-9-6-17-37-22(30)2)11-12-27(24)32(28)31(20-34(29,35)3)41-21-23-7-5-8-26(36)18-23/h5-9,11-12,17-19,28-29,31-32,40H,10,13-14,16,20-21H2,1-3H3,(H,38,39)/t28-,29-,31-,32+,34-,35-/m0/s1. The highest BCUT2D eigenvalue weighted by Gasteiger charge is 2.63. The van der Waals surface area contributed by atoms with E-state index in [2.05, 4.69) is 41.2 Å². The molecule has 6 heteroatoms. The van der Waals surface area contributed by atoms with E-state index in [-0.39, 0.29) is 23.3 Å². The monoisotopic (exact) mass is 568 g/mol. The molecular weight excluding hydrogens is 532 g/mol. The van der Waals surface area contributed by atoms with Gasteiger partial charge >= 0.3 is 0 Å². The van der Waals surface area contributed by atoms with Gasteiger partial charge in [-0.15, -0.1) is 5.92 Å². The van der Waals surface area contributed by atoms with E-state index < -0.39 is 5.60 Å². The Morgan fingerprint density at radius 2 is 2.05 bits per heavy atom. The summed E-state index contributed by atoms with van der Waals surface area (Å²) in [6, 6.07) is 17.6. The molecule has 1 heterocycles. The first-order valence-corrected chi connectivity index (χ1v) is 15.0. The molecule has 0 radical (unpaired) electrons. The molecule has 1 amide bonds. The predicted molar refractivity (Wildman–Crippen MR) is 162 cm³/mol. The van der Waals surface area contributed by atoms with Crippen molar-refractivity contribution in [1.29, 1.82) is 0 Å². The van der Waals surface area contributed by atoms with Crippen LogP contribution < -0.4 is 5.32 Å². The topological polar surface area (TPSA) is 71.5 Å². The average molecular weight is 569 g/mol. The Labute approximate surface area is 247 Å². The van der Waals surface area contributed by atoms with Gasteiger partial charge in [0.15, 0.2) is 0 Å². The van der Waals surface area contributed by atoms with Crippen molar-refractivity contribution in [1.82, 2.24) is 4.98 Å². The van der Waals surface area contributed by atoms with Gasteiger partial charge in [-0.05, 0) is 111 Å². The number of aryl methyl sites for hydroxylation is 2. The van der Waals surface area contributed by atoms with Crippen molar-refractivity contribution in [2.45, 2.75) is 77.1 Å². The molecule has 2 N–H and O–H groups in total. The number of hydrogen-bond acceptors (Lipinski definition) is 4. The highest BCUT2D eigenvalue weighted by Crippen LogP contribution is 2.64. The number of halogens is 1. The van der Waals surface area contributed by atoms with Gasteiger partial charge in [0.1, 0.15) is 5.60 Å². The first-order valence-electron chi connectivity index (χ1n) is 14.6. The first-order chi connectivity index (χ1) is 19.7. The fourth-order valence-corrected chi connectivity index (χ4v) is 8.20. The van der Waals surface area contributed by atoms with Crippen molar-refractivity contribution in [2.24, 2.45) is 17.3 Å². The number of aliphatic hydroxyl groups is 1. The summed E-state index contributed by atoms with van der Waals surface area (Å²) in [7, 11) is 0. The van der Waals surface area contributed by atoms with E-state index >= 15 is 0 Å². The highest BCUT2D eigenvalue weighted by atomic mass is 35.5. The number of fused-ring (bicyclic) bond motifs is 5. The van der Waals surface area contributed by atoms with Crippen molar-refractivity contribution >= 4 is 23.2 Å². The molecule has 3 aliphatic carbocycles. The van der Waals surface area contributed by atoms with Crippen LogP contribution in [0.4, 0.5) is 5.69 Å². The zero-order valence-electron chi connectivity index (χ0n) is 23.9. The van der Waals surface area contributed by atoms with Crippen molar-refractivity contribution < 1.29 is 14.6 Å². The minimum absolute atomic E-state index is 0.0970. The second-order valence-corrected chi connectivity index (χ2v) is 12.7. The Balaban J connectivity index is 1.33. The molecule has 0 aliphatic heterocycles. The lowest BCUT2D eigenvalue weighted by atomic mass is 9.52. The molecule has 212 valence electrons. The van der Waals surface area contributed by atoms with E-state index in [1.807, 2.05) is 56.3 Å². The van der Waals surface area contributed by atoms with Crippen LogP contribution in [0.5, 0.6) is 0 Å². The van der Waals surface area contributed by atoms with Crippen molar-refractivity contribution in [3.63, 3.8) is 0 Å². The Morgan fingerprint density at radius 3 is 2.83 bits per heavy atom. The molecule has 0 bridgehead atoms. The maximum absolute atomic E-state index is 13.2. The lowest BCUT2D eigenvalue weighted by Crippen LogP contribution is -2.55. The quantitative estimate of drug-likeness (QED) is 0.322. The van der Waals surface area contributed by atoms with Gasteiger partial charge in [-0.2, -0.15) is 0 Å². The summed E-state index contributed by atoms with van der Waals surface area (Å²) < 4.78 is 6.76. The van der Waals surface area contributed by atoms with Crippen molar-refractivity contribution in [3.8, 4) is 11.8 Å². The van der Waals surface area contributed by atoms with Crippen LogP contribution in [0, 0.1) is 36.0 Å². The van der Waals surface area contributed by atoms with Crippen molar-refractivity contribution in [3.05, 3.63) is 93.8 Å². The number of carbonyl (C=O) groups is 1. The van der Waals surface area contributed by atoms with E-state index in [0.717, 1.165) is 42.6 Å². The van der Waals surface area contributed by atoms with Gasteiger partial charge in [0.2, 0.25) is 0 Å². The van der Waals surface area contributed by atoms with Crippen LogP contribution in [0.2, 0.25) is 5.02 Å². The Hall–Kier alpha value is -3.17. The first kappa shape index (κ1) is 28.0. The number of hydrogen-bond donors (Lipinski definition) is 2. The van der Waals surface area contributed by atoms with Crippen LogP contribution in [0.1, 0.15) is 78.2 Å². The summed E-state index contributed by atoms with van der Waals surface area (Å²) in [6.45, 7) is 6.38. The zero-order chi connectivity index (χ0) is 28.8. The fourth-order valence-electron chi connectivity index (χ4n) is 7.99. The SMILES string of the molecule is CC#C[C@]1(O)CC[C@H]2[C@@H]3CCc4cc(C(=O)Nc5cccnc5C)ccc4[C@H]3[C@@H](OCc3cccc(Cl)c3)C[C@@]21C. The third-order valence-corrected chi connectivity index (χ3v) is 10.3. The smallest absolute Gasteiger partial charge is 0.255 e. The predicted octanol–water partition coefficient (Wildman–Crippen LogP) is 7.10. The normalized spacial score (nSPS) is 29.9. The van der Waals surface area contributed by atoms with Gasteiger partial charge in [-0.25, -0.2) is 0 Å². The lowest BCUT2D eigenvalue weighted by Gasteiger charge is -2.55. The third-order valence-electron chi connectivity index (χ3n) is 10.0. The molecule has 6 atom stereocenters. The Kier molecular flexibility index (Phi) is 7.44. The van der Waals surface area contributed by atoms with Crippen LogP contribution >= 0.6 is 11.6 Å². The zero-order valence-corrected chi connectivity index (χ0v) is 24.7. The number of benzene rings is 2. The largest absolute Gasteiger partial charge is 0.377 e. The van der Waals surface area contributed by atoms with E-state index in [1.54, 1.807) is 6.20 Å². The van der Waals surface area contributed by atoms with Crippen molar-refractivity contribution in [2.75, 3.05) is 5.32 Å². The molecule has 5 nitrogen and oxygen atoms in total. The summed E-state index contributed by atoms with van der Waals surface area (Å²) in [6.07, 6.45) is 5.91. The van der Waals surface area contributed by atoms with Crippen LogP contribution in [0.25, 0.3) is 0 Å². The molecular formula is C35H37ClN2O3. The van der Waals surface area contributed by atoms with Gasteiger partial charge < -0.3 is 15.2 Å². The maximum atomic E-state index is 13.2. The number of ether oxygens (including phenoxy) is 1. The molecule has 0 saturated heterocycles. The average Bonchev–Trinajstić information content (AvgIpc) is 3.22. The number of aromatic nitrogens is 1. The second-order valence-electron chi connectivity index (χ2n) is 12.2. The minimum atomic E-state index is -1.01. The number of amides is 1. The molecule has 3 aromatic rings. The van der Waals surface area contributed by atoms with Gasteiger partial charge in [0, 0.05) is 28.1 Å². The van der Waals surface area contributed by atoms with Gasteiger partial charge in [-0.1, -0.05) is 42.6 Å². The van der Waals surface area contributed by atoms with E-state index in [9.17, 15) is 9.90 Å². The second kappa shape index (κ2) is 10.9. The number of nitrogens with one attached hydrogen (secondary N) is 1. The number of carbonyl (C=O) groups excluding carboxylic acids is 1. The number of nitrogens with zero attached hydrogens (tertiary/aromatic N) is 1. The highest BCUT2D eigenvalue weighted by molar-refractivity contribution is 6.30. The number of pyridine rings is 1. The molecule has 2 saturated carbocycles. The van der Waals surface area contributed by atoms with E-state index in [0.29, 0.717) is 35.4 Å². The van der Waals surface area contributed by atoms with Gasteiger partial charge in [0.05, 0.1) is 24.1 Å². The summed E-state index contributed by atoms with van der Waals surface area (Å²) >= 11 is 6.27. The van der Waals surface area contributed by atoms with E-state index in [4.69, 9.17) is 16.3 Å². The lowest BCUT2D eigenvalue weighted by molar-refractivity contribution is -0.129. The molecule has 1 aromatic heterocycles. The molecule has 0 spiro atoms. The minimum Gasteiger partial charge on any atom is -0.377 e. The summed E-state index contributed by atoms with van der Waals surface area (Å²) in [5.41, 5.74) is 4.31. The Bertz CT molecular complexity index is 1540. The van der Waals surface area contributed by atoms with E-state index in [1.165, 1.54) is 11.1 Å². The van der Waals surface area contributed by atoms with Crippen LogP contribution in [0.3, 0.4) is 0 Å². The Morgan fingerprint density at radius 1 is 1.20 bits per heavy atom. The third kappa shape index (κ3) is 4.97.